The summed E-state index contributed by atoms with van der Waals surface area (Å²) in [6.45, 7) is -0.573. The Morgan fingerprint density at radius 1 is 0.718 bits per heavy atom. The summed E-state index contributed by atoms with van der Waals surface area (Å²) in [5, 5.41) is 7.20. The molecule has 10 heteroatoms. The lowest BCUT2D eigenvalue weighted by atomic mass is 10.1. The van der Waals surface area contributed by atoms with Crippen molar-refractivity contribution in [3.05, 3.63) is 84.9 Å². The number of esters is 1. The van der Waals surface area contributed by atoms with E-state index in [1.54, 1.807) is 68.8 Å². The number of thiocarbonyl (C=S) groups is 1. The number of hydrogen-bond donors (Lipinski definition) is 2. The van der Waals surface area contributed by atoms with Crippen LogP contribution in [-0.2, 0) is 9.59 Å². The normalized spacial score (nSPS) is 10.3. The molecule has 9 nitrogen and oxygen atoms in total. The van der Waals surface area contributed by atoms with E-state index in [9.17, 15) is 9.59 Å². The van der Waals surface area contributed by atoms with Crippen LogP contribution in [0.1, 0.15) is 0 Å². The quantitative estimate of drug-likeness (QED) is 0.166. The third-order valence-electron chi connectivity index (χ3n) is 5.45. The minimum absolute atomic E-state index is 0.0152. The van der Waals surface area contributed by atoms with Crippen LogP contribution in [0.15, 0.2) is 84.9 Å². The Hall–Kier alpha value is -4.83. The second kappa shape index (κ2) is 13.1. The molecule has 0 unspecified atom stereocenters. The van der Waals surface area contributed by atoms with E-state index in [4.69, 9.17) is 35.9 Å². The molecule has 0 aromatic heterocycles. The highest BCUT2D eigenvalue weighted by molar-refractivity contribution is 7.80. The highest BCUT2D eigenvalue weighted by Crippen LogP contribution is 2.33. The molecule has 0 fully saturated rings. The van der Waals surface area contributed by atoms with E-state index in [2.05, 4.69) is 10.6 Å². The van der Waals surface area contributed by atoms with E-state index in [0.717, 1.165) is 10.8 Å². The van der Waals surface area contributed by atoms with Gasteiger partial charge < -0.3 is 29.0 Å². The summed E-state index contributed by atoms with van der Waals surface area (Å²) in [6, 6.07) is 24.6. The molecular weight excluding hydrogens is 520 g/mol. The number of carbonyl (C=O) groups is 2. The summed E-state index contributed by atoms with van der Waals surface area (Å²) in [5.74, 6) is 1.49. The molecule has 200 valence electrons. The SMILES string of the molecule is COc1ccc(OCC(=O)NC(=S)Nc2c(OC(=O)COc3ccc(OC)cc3)ccc3ccccc23)cc1. The van der Waals surface area contributed by atoms with Crippen LogP contribution in [0.5, 0.6) is 28.7 Å². The lowest BCUT2D eigenvalue weighted by Crippen LogP contribution is -2.37. The fraction of sp³-hybridized carbons (Fsp3) is 0.138. The highest BCUT2D eigenvalue weighted by atomic mass is 32.1. The fourth-order valence-corrected chi connectivity index (χ4v) is 3.78. The molecule has 2 N–H and O–H groups in total. The summed E-state index contributed by atoms with van der Waals surface area (Å²) in [6.07, 6.45) is 0. The smallest absolute Gasteiger partial charge is 0.349 e. The Balaban J connectivity index is 1.39. The molecule has 4 aromatic carbocycles. The lowest BCUT2D eigenvalue weighted by molar-refractivity contribution is -0.136. The first-order valence-corrected chi connectivity index (χ1v) is 12.2. The van der Waals surface area contributed by atoms with Crippen molar-refractivity contribution in [1.82, 2.24) is 5.32 Å². The Labute approximate surface area is 230 Å². The molecule has 4 rings (SSSR count). The van der Waals surface area contributed by atoms with Crippen molar-refractivity contribution in [2.24, 2.45) is 0 Å². The fourth-order valence-electron chi connectivity index (χ4n) is 3.56. The van der Waals surface area contributed by atoms with E-state index < -0.39 is 11.9 Å². The molecule has 0 spiro atoms. The first-order chi connectivity index (χ1) is 18.9. The number of nitrogens with one attached hydrogen (secondary N) is 2. The number of fused-ring (bicyclic) bond motifs is 1. The van der Waals surface area contributed by atoms with E-state index in [0.29, 0.717) is 28.7 Å². The predicted molar refractivity (Wildman–Crippen MR) is 151 cm³/mol. The third kappa shape index (κ3) is 7.59. The Bertz CT molecular complexity index is 1460. The van der Waals surface area contributed by atoms with E-state index in [1.807, 2.05) is 30.3 Å². The van der Waals surface area contributed by atoms with Gasteiger partial charge in [-0.1, -0.05) is 30.3 Å². The summed E-state index contributed by atoms with van der Waals surface area (Å²) >= 11 is 5.36. The maximum atomic E-state index is 12.6. The zero-order valence-electron chi connectivity index (χ0n) is 21.3. The molecule has 0 bridgehead atoms. The van der Waals surface area contributed by atoms with Crippen molar-refractivity contribution in [2.75, 3.05) is 32.8 Å². The van der Waals surface area contributed by atoms with Gasteiger partial charge in [-0.05, 0) is 72.2 Å². The number of rotatable bonds is 10. The largest absolute Gasteiger partial charge is 0.497 e. The van der Waals surface area contributed by atoms with Crippen LogP contribution in [0.2, 0.25) is 0 Å². The first-order valence-electron chi connectivity index (χ1n) is 11.8. The van der Waals surface area contributed by atoms with Gasteiger partial charge in [0.2, 0.25) is 0 Å². The zero-order chi connectivity index (χ0) is 27.6. The van der Waals surface area contributed by atoms with Crippen LogP contribution in [0.3, 0.4) is 0 Å². The van der Waals surface area contributed by atoms with Crippen molar-refractivity contribution in [3.8, 4) is 28.7 Å². The number of methoxy groups -OCH3 is 2. The molecule has 0 radical (unpaired) electrons. The van der Waals surface area contributed by atoms with Crippen molar-refractivity contribution in [3.63, 3.8) is 0 Å². The van der Waals surface area contributed by atoms with Crippen LogP contribution >= 0.6 is 12.2 Å². The van der Waals surface area contributed by atoms with Crippen molar-refractivity contribution in [2.45, 2.75) is 0 Å². The number of carbonyl (C=O) groups excluding carboxylic acids is 2. The number of hydrogen-bond acceptors (Lipinski definition) is 8. The predicted octanol–water partition coefficient (Wildman–Crippen LogP) is 4.73. The zero-order valence-corrected chi connectivity index (χ0v) is 22.1. The maximum absolute atomic E-state index is 12.6. The maximum Gasteiger partial charge on any atom is 0.349 e. The molecule has 0 saturated carbocycles. The van der Waals surface area contributed by atoms with Crippen LogP contribution in [0, 0.1) is 0 Å². The monoisotopic (exact) mass is 546 g/mol. The molecule has 4 aromatic rings. The molecule has 0 atom stereocenters. The third-order valence-corrected chi connectivity index (χ3v) is 5.66. The average molecular weight is 547 g/mol. The Kier molecular flexibility index (Phi) is 9.15. The summed E-state index contributed by atoms with van der Waals surface area (Å²) < 4.78 is 26.8. The number of ether oxygens (including phenoxy) is 5. The van der Waals surface area contributed by atoms with Gasteiger partial charge in [0.25, 0.3) is 5.91 Å². The van der Waals surface area contributed by atoms with Gasteiger partial charge >= 0.3 is 5.97 Å². The van der Waals surface area contributed by atoms with Gasteiger partial charge in [-0.15, -0.1) is 0 Å². The number of anilines is 1. The minimum atomic E-state index is -0.619. The molecule has 1 amide bonds. The standard InChI is InChI=1S/C29H26N2O7S/c1-34-20-8-12-22(13-9-20)36-17-26(32)30-29(39)31-28-24-6-4-3-5-19(24)7-16-25(28)38-27(33)18-37-23-14-10-21(35-2)11-15-23/h3-16H,17-18H2,1-2H3,(H2,30,31,32,39). The Morgan fingerprint density at radius 3 is 1.90 bits per heavy atom. The van der Waals surface area contributed by atoms with Crippen LogP contribution in [-0.4, -0.2) is 44.4 Å². The minimum Gasteiger partial charge on any atom is -0.497 e. The molecule has 0 heterocycles. The second-order valence-electron chi connectivity index (χ2n) is 8.06. The summed E-state index contributed by atoms with van der Waals surface area (Å²) in [7, 11) is 3.13. The molecule has 39 heavy (non-hydrogen) atoms. The lowest BCUT2D eigenvalue weighted by Gasteiger charge is -2.16. The molecular formula is C29H26N2O7S. The van der Waals surface area contributed by atoms with Crippen molar-refractivity contribution in [1.29, 1.82) is 0 Å². The average Bonchev–Trinajstić information content (AvgIpc) is 2.96. The van der Waals surface area contributed by atoms with Gasteiger partial charge in [0, 0.05) is 5.39 Å². The first kappa shape index (κ1) is 27.2. The Morgan fingerprint density at radius 2 is 1.28 bits per heavy atom. The van der Waals surface area contributed by atoms with Gasteiger partial charge in [0.15, 0.2) is 24.1 Å². The topological polar surface area (TPSA) is 104 Å². The van der Waals surface area contributed by atoms with Gasteiger partial charge in [-0.3, -0.25) is 10.1 Å². The van der Waals surface area contributed by atoms with E-state index in [-0.39, 0.29) is 24.1 Å². The number of benzene rings is 4. The van der Waals surface area contributed by atoms with Crippen LogP contribution in [0.4, 0.5) is 5.69 Å². The van der Waals surface area contributed by atoms with Gasteiger partial charge in [-0.2, -0.15) is 0 Å². The van der Waals surface area contributed by atoms with Gasteiger partial charge in [-0.25, -0.2) is 4.79 Å². The van der Waals surface area contributed by atoms with E-state index >= 15 is 0 Å². The van der Waals surface area contributed by atoms with Gasteiger partial charge in [0.05, 0.1) is 19.9 Å². The van der Waals surface area contributed by atoms with E-state index in [1.165, 1.54) is 0 Å². The van der Waals surface area contributed by atoms with Crippen molar-refractivity contribution >= 4 is 45.7 Å². The molecule has 0 aliphatic carbocycles. The van der Waals surface area contributed by atoms with Crippen LogP contribution < -0.4 is 34.3 Å². The number of amides is 1. The highest BCUT2D eigenvalue weighted by Gasteiger charge is 2.16. The molecule has 0 saturated heterocycles. The summed E-state index contributed by atoms with van der Waals surface area (Å²) in [4.78, 5) is 25.0. The second-order valence-corrected chi connectivity index (χ2v) is 8.47. The van der Waals surface area contributed by atoms with Crippen molar-refractivity contribution < 1.29 is 33.3 Å². The molecule has 0 aliphatic heterocycles. The summed E-state index contributed by atoms with van der Waals surface area (Å²) in [5.41, 5.74) is 0.423. The van der Waals surface area contributed by atoms with Gasteiger partial charge in [0.1, 0.15) is 23.0 Å². The van der Waals surface area contributed by atoms with Crippen LogP contribution in [0.25, 0.3) is 10.8 Å². The molecule has 0 aliphatic rings.